The lowest BCUT2D eigenvalue weighted by Gasteiger charge is -2.27. The van der Waals surface area contributed by atoms with E-state index in [0.717, 1.165) is 41.2 Å². The summed E-state index contributed by atoms with van der Waals surface area (Å²) in [5, 5.41) is 8.17. The predicted octanol–water partition coefficient (Wildman–Crippen LogP) is 3.33. The third-order valence-electron chi connectivity index (χ3n) is 10.9. The number of pyridine rings is 1. The molecule has 316 valence electrons. The van der Waals surface area contributed by atoms with Crippen LogP contribution in [0.25, 0.3) is 16.8 Å². The van der Waals surface area contributed by atoms with Gasteiger partial charge in [-0.05, 0) is 62.2 Å². The molecule has 0 spiro atoms. The van der Waals surface area contributed by atoms with Crippen LogP contribution in [0.15, 0.2) is 79.3 Å². The highest BCUT2D eigenvalue weighted by Gasteiger charge is 2.45. The monoisotopic (exact) mass is 830 g/mol. The summed E-state index contributed by atoms with van der Waals surface area (Å²) in [5.74, 6) is -0.722. The Morgan fingerprint density at radius 1 is 0.836 bits per heavy atom. The Labute approximate surface area is 350 Å². The fourth-order valence-electron chi connectivity index (χ4n) is 7.96. The first-order chi connectivity index (χ1) is 29.8. The van der Waals surface area contributed by atoms with Crippen LogP contribution in [0.3, 0.4) is 0 Å². The van der Waals surface area contributed by atoms with Crippen LogP contribution in [0.4, 0.5) is 17.3 Å². The molecule has 8 rings (SSSR count). The van der Waals surface area contributed by atoms with E-state index in [4.69, 9.17) is 24.9 Å². The van der Waals surface area contributed by atoms with Crippen LogP contribution in [0.5, 0.6) is 0 Å². The molecule has 3 aromatic heterocycles. The van der Waals surface area contributed by atoms with Gasteiger partial charge in [0.2, 0.25) is 11.8 Å². The molecule has 2 aromatic carbocycles. The fourth-order valence-corrected chi connectivity index (χ4v) is 7.96. The van der Waals surface area contributed by atoms with Crippen molar-refractivity contribution in [2.24, 2.45) is 0 Å². The Bertz CT molecular complexity index is 2430. The summed E-state index contributed by atoms with van der Waals surface area (Å²) in [6.45, 7) is 4.41. The van der Waals surface area contributed by atoms with Gasteiger partial charge in [0.15, 0.2) is 0 Å². The van der Waals surface area contributed by atoms with Crippen molar-refractivity contribution < 1.29 is 38.2 Å². The maximum absolute atomic E-state index is 13.3. The van der Waals surface area contributed by atoms with Crippen LogP contribution >= 0.6 is 0 Å². The van der Waals surface area contributed by atoms with Gasteiger partial charge in [-0.15, -0.1) is 0 Å². The van der Waals surface area contributed by atoms with E-state index in [-0.39, 0.29) is 35.9 Å². The first-order valence-corrected chi connectivity index (χ1v) is 20.3. The van der Waals surface area contributed by atoms with E-state index in [1.54, 1.807) is 54.9 Å². The van der Waals surface area contributed by atoms with Gasteiger partial charge in [-0.2, -0.15) is 0 Å². The van der Waals surface area contributed by atoms with Gasteiger partial charge in [-0.1, -0.05) is 24.3 Å². The van der Waals surface area contributed by atoms with Crippen LogP contribution in [0, 0.1) is 0 Å². The lowest BCUT2D eigenvalue weighted by atomic mass is 10.0. The highest BCUT2D eigenvalue weighted by molar-refractivity contribution is 6.25. The van der Waals surface area contributed by atoms with Crippen molar-refractivity contribution in [1.82, 2.24) is 34.5 Å². The Kier molecular flexibility index (Phi) is 12.7. The minimum Gasteiger partial charge on any atom is -0.382 e. The number of hydrogen-bond acceptors (Lipinski definition) is 14. The average molecular weight is 831 g/mol. The number of nitrogen functional groups attached to an aromatic ring is 1. The van der Waals surface area contributed by atoms with Crippen LogP contribution < -0.4 is 21.7 Å². The van der Waals surface area contributed by atoms with E-state index in [1.807, 2.05) is 28.8 Å². The normalized spacial score (nSPS) is 17.9. The number of ether oxygens (including phenoxy) is 3. The average Bonchev–Trinajstić information content (AvgIpc) is 3.96. The predicted molar refractivity (Wildman–Crippen MR) is 223 cm³/mol. The second-order valence-corrected chi connectivity index (χ2v) is 14.7. The molecule has 61 heavy (non-hydrogen) atoms. The van der Waals surface area contributed by atoms with Crippen molar-refractivity contribution in [3.8, 4) is 11.3 Å². The number of nitrogens with zero attached hydrogens (tertiary/aromatic N) is 6. The van der Waals surface area contributed by atoms with E-state index in [0.29, 0.717) is 81.3 Å². The van der Waals surface area contributed by atoms with Gasteiger partial charge in [0, 0.05) is 54.9 Å². The Balaban J connectivity index is 0.753. The lowest BCUT2D eigenvalue weighted by molar-refractivity contribution is -0.136. The summed E-state index contributed by atoms with van der Waals surface area (Å²) in [7, 11) is 0. The topological polar surface area (TPSA) is 225 Å². The summed E-state index contributed by atoms with van der Waals surface area (Å²) < 4.78 is 19.3. The molecule has 0 bridgehead atoms. The van der Waals surface area contributed by atoms with Crippen molar-refractivity contribution in [2.45, 2.75) is 37.8 Å². The van der Waals surface area contributed by atoms with Gasteiger partial charge in [0.1, 0.15) is 34.7 Å². The van der Waals surface area contributed by atoms with Crippen molar-refractivity contribution in [3.63, 3.8) is 0 Å². The Hall–Kier alpha value is -6.60. The van der Waals surface area contributed by atoms with E-state index < -0.39 is 29.7 Å². The molecule has 1 unspecified atom stereocenters. The number of piperidine rings is 1. The summed E-state index contributed by atoms with van der Waals surface area (Å²) in [4.78, 5) is 80.1. The number of carbonyl (C=O) groups excluding carboxylic acids is 5. The number of nitrogens with one attached hydrogen (secondary N) is 3. The van der Waals surface area contributed by atoms with Crippen molar-refractivity contribution in [1.29, 1.82) is 0 Å². The van der Waals surface area contributed by atoms with Crippen molar-refractivity contribution in [3.05, 3.63) is 102 Å². The molecule has 5 aromatic rings. The molecular weight excluding hydrogens is 785 g/mol. The summed E-state index contributed by atoms with van der Waals surface area (Å²) >= 11 is 0. The molecule has 0 aliphatic carbocycles. The largest absolute Gasteiger partial charge is 0.382 e. The van der Waals surface area contributed by atoms with Gasteiger partial charge in [-0.3, -0.25) is 43.5 Å². The quantitative estimate of drug-likeness (QED) is 0.0735. The minimum atomic E-state index is -1.02. The summed E-state index contributed by atoms with van der Waals surface area (Å²) in [6.07, 6.45) is 7.29. The number of benzene rings is 2. The molecule has 0 radical (unpaired) electrons. The molecule has 6 heterocycles. The smallest absolute Gasteiger partial charge is 0.264 e. The third kappa shape index (κ3) is 8.97. The Morgan fingerprint density at radius 3 is 2.39 bits per heavy atom. The molecule has 2 saturated heterocycles. The second kappa shape index (κ2) is 18.8. The van der Waals surface area contributed by atoms with Crippen molar-refractivity contribution in [2.75, 3.05) is 75.6 Å². The number of hydrogen-bond donors (Lipinski definition) is 4. The zero-order chi connectivity index (χ0) is 42.3. The first-order valence-electron chi connectivity index (χ1n) is 20.3. The molecule has 3 aliphatic rings. The van der Waals surface area contributed by atoms with Gasteiger partial charge in [0.05, 0.1) is 56.8 Å². The van der Waals surface area contributed by atoms with Crippen LogP contribution in [0.1, 0.15) is 68.6 Å². The SMILES string of the molecule is Nc1nccn2c([C@@H]3CCCN3CCOCCOCCOCCNc3cccc4c3C(=O)N(C3CCC(=O)NC3=O)C4=O)nc(-c3ccc(C(=O)Nc4ccccn4)cc3)c12. The number of amides is 5. The molecule has 18 heteroatoms. The third-order valence-corrected chi connectivity index (χ3v) is 10.9. The molecule has 2 fully saturated rings. The highest BCUT2D eigenvalue weighted by atomic mass is 16.5. The maximum Gasteiger partial charge on any atom is 0.264 e. The number of imidazole rings is 1. The molecule has 0 saturated carbocycles. The molecule has 2 atom stereocenters. The van der Waals surface area contributed by atoms with E-state index >= 15 is 0 Å². The van der Waals surface area contributed by atoms with E-state index in [1.165, 1.54) is 0 Å². The van der Waals surface area contributed by atoms with Crippen LogP contribution in [0.2, 0.25) is 0 Å². The zero-order valence-electron chi connectivity index (χ0n) is 33.4. The number of nitrogens with two attached hydrogens (primary N) is 1. The fraction of sp³-hybridized carbons (Fsp3) is 0.349. The first kappa shape index (κ1) is 41.1. The summed E-state index contributed by atoms with van der Waals surface area (Å²) in [6, 6.07) is 16.5. The van der Waals surface area contributed by atoms with Gasteiger partial charge in [0.25, 0.3) is 17.7 Å². The van der Waals surface area contributed by atoms with E-state index in [9.17, 15) is 24.0 Å². The molecule has 5 N–H and O–H groups in total. The van der Waals surface area contributed by atoms with Gasteiger partial charge < -0.3 is 30.6 Å². The van der Waals surface area contributed by atoms with E-state index in [2.05, 4.69) is 30.8 Å². The summed E-state index contributed by atoms with van der Waals surface area (Å²) in [5.41, 5.74) is 10.0. The number of anilines is 3. The number of imide groups is 2. The Morgan fingerprint density at radius 2 is 1.62 bits per heavy atom. The molecule has 18 nitrogen and oxygen atoms in total. The highest BCUT2D eigenvalue weighted by Crippen LogP contribution is 2.37. The minimum absolute atomic E-state index is 0.0521. The second-order valence-electron chi connectivity index (χ2n) is 14.7. The number of rotatable bonds is 18. The number of likely N-dealkylation sites (tertiary alicyclic amines) is 1. The standard InChI is InChI=1S/C43H46N10O8/c44-38-37-36(27-9-11-28(12-10-27)40(55)48-33-8-1-2-15-46-33)50-39(52(37)19-16-47-38)31-7-4-18-51(31)20-22-60-24-26-61-25-23-59-21-17-45-30-6-3-5-29-35(30)43(58)53(42(29)57)32-13-14-34(54)49-41(32)56/h1-3,5-6,8-12,15-16,19,31-32,45H,4,7,13-14,17-18,20-26H2,(H2,44,47)(H,46,48,55)(H,49,54,56)/t31-,32?/m0/s1. The molecular formula is C43H46N10O8. The molecule has 3 aliphatic heterocycles. The van der Waals surface area contributed by atoms with Gasteiger partial charge >= 0.3 is 0 Å². The van der Waals surface area contributed by atoms with Crippen molar-refractivity contribution >= 4 is 52.4 Å². The number of aromatic nitrogens is 4. The van der Waals surface area contributed by atoms with Crippen LogP contribution in [-0.4, -0.2) is 124 Å². The van der Waals surface area contributed by atoms with Gasteiger partial charge in [-0.25, -0.2) is 15.0 Å². The number of fused-ring (bicyclic) bond motifs is 2. The molecule has 5 amide bonds. The maximum atomic E-state index is 13.3. The lowest BCUT2D eigenvalue weighted by Crippen LogP contribution is -2.54. The number of carbonyl (C=O) groups is 5. The van der Waals surface area contributed by atoms with Crippen LogP contribution in [-0.2, 0) is 23.8 Å². The zero-order valence-corrected chi connectivity index (χ0v) is 33.4.